The van der Waals surface area contributed by atoms with Gasteiger partial charge in [0.1, 0.15) is 0 Å². The fourth-order valence-corrected chi connectivity index (χ4v) is 2.54. The van der Waals surface area contributed by atoms with Crippen molar-refractivity contribution in [3.63, 3.8) is 0 Å². The Hall–Kier alpha value is -1.54. The van der Waals surface area contributed by atoms with Crippen LogP contribution in [0.4, 0.5) is 5.69 Å². The SMILES string of the molecule is Cc1cc2c(c3ccccc13)NCC(O)C2. The van der Waals surface area contributed by atoms with Gasteiger partial charge in [-0.1, -0.05) is 30.3 Å². The van der Waals surface area contributed by atoms with E-state index in [1.807, 2.05) is 0 Å². The van der Waals surface area contributed by atoms with E-state index in [0.29, 0.717) is 6.54 Å². The Balaban J connectivity index is 2.31. The second kappa shape index (κ2) is 3.49. The van der Waals surface area contributed by atoms with Gasteiger partial charge in [0.05, 0.1) is 6.10 Å². The molecule has 2 nitrogen and oxygen atoms in total. The lowest BCUT2D eigenvalue weighted by molar-refractivity contribution is 0.185. The van der Waals surface area contributed by atoms with Crippen LogP contribution in [-0.4, -0.2) is 17.8 Å². The summed E-state index contributed by atoms with van der Waals surface area (Å²) in [5, 5.41) is 15.6. The Morgan fingerprint density at radius 2 is 2.00 bits per heavy atom. The maximum atomic E-state index is 9.66. The van der Waals surface area contributed by atoms with Crippen molar-refractivity contribution in [2.45, 2.75) is 19.4 Å². The molecule has 3 rings (SSSR count). The molecule has 1 unspecified atom stereocenters. The highest BCUT2D eigenvalue weighted by atomic mass is 16.3. The van der Waals surface area contributed by atoms with Gasteiger partial charge in [-0.25, -0.2) is 0 Å². The predicted molar refractivity (Wildman–Crippen MR) is 66.9 cm³/mol. The number of aliphatic hydroxyl groups is 1. The molecule has 0 amide bonds. The molecule has 2 aromatic carbocycles. The zero-order chi connectivity index (χ0) is 11.1. The van der Waals surface area contributed by atoms with Gasteiger partial charge in [-0.15, -0.1) is 0 Å². The summed E-state index contributed by atoms with van der Waals surface area (Å²) in [4.78, 5) is 0. The molecule has 2 heteroatoms. The van der Waals surface area contributed by atoms with Crippen LogP contribution in [0.2, 0.25) is 0 Å². The second-order valence-corrected chi connectivity index (χ2v) is 4.51. The second-order valence-electron chi connectivity index (χ2n) is 4.51. The lowest BCUT2D eigenvalue weighted by Gasteiger charge is -2.25. The first-order valence-corrected chi connectivity index (χ1v) is 5.69. The minimum absolute atomic E-state index is 0.256. The zero-order valence-corrected chi connectivity index (χ0v) is 9.33. The van der Waals surface area contributed by atoms with Gasteiger partial charge >= 0.3 is 0 Å². The van der Waals surface area contributed by atoms with Gasteiger partial charge in [-0.05, 0) is 23.4 Å². The van der Waals surface area contributed by atoms with Crippen LogP contribution in [-0.2, 0) is 6.42 Å². The normalized spacial score (nSPS) is 19.2. The molecule has 16 heavy (non-hydrogen) atoms. The quantitative estimate of drug-likeness (QED) is 0.704. The third-order valence-corrected chi connectivity index (χ3v) is 3.30. The molecule has 82 valence electrons. The van der Waals surface area contributed by atoms with Crippen molar-refractivity contribution in [3.8, 4) is 0 Å². The van der Waals surface area contributed by atoms with E-state index in [1.54, 1.807) is 0 Å². The first-order chi connectivity index (χ1) is 7.75. The Labute approximate surface area is 94.9 Å². The highest BCUT2D eigenvalue weighted by Gasteiger charge is 2.18. The van der Waals surface area contributed by atoms with E-state index in [0.717, 1.165) is 6.42 Å². The molecule has 0 saturated heterocycles. The number of fused-ring (bicyclic) bond motifs is 3. The van der Waals surface area contributed by atoms with Gasteiger partial charge in [-0.2, -0.15) is 0 Å². The maximum Gasteiger partial charge on any atom is 0.0753 e. The van der Waals surface area contributed by atoms with E-state index in [-0.39, 0.29) is 6.10 Å². The fourth-order valence-electron chi connectivity index (χ4n) is 2.54. The molecule has 1 heterocycles. The average Bonchev–Trinajstić information content (AvgIpc) is 2.29. The summed E-state index contributed by atoms with van der Waals surface area (Å²) < 4.78 is 0. The minimum Gasteiger partial charge on any atom is -0.391 e. The zero-order valence-electron chi connectivity index (χ0n) is 9.33. The number of rotatable bonds is 0. The van der Waals surface area contributed by atoms with Gasteiger partial charge in [0.2, 0.25) is 0 Å². The molecule has 1 aliphatic heterocycles. The number of aliphatic hydroxyl groups excluding tert-OH is 1. The molecule has 2 aromatic rings. The van der Waals surface area contributed by atoms with Gasteiger partial charge < -0.3 is 10.4 Å². The summed E-state index contributed by atoms with van der Waals surface area (Å²) in [6, 6.07) is 10.6. The van der Waals surface area contributed by atoms with Gasteiger partial charge in [-0.3, -0.25) is 0 Å². The lowest BCUT2D eigenvalue weighted by atomic mass is 9.93. The van der Waals surface area contributed by atoms with E-state index in [4.69, 9.17) is 0 Å². The van der Waals surface area contributed by atoms with Crippen molar-refractivity contribution in [1.82, 2.24) is 0 Å². The largest absolute Gasteiger partial charge is 0.391 e. The van der Waals surface area contributed by atoms with Crippen LogP contribution in [0.1, 0.15) is 11.1 Å². The first kappa shape index (κ1) is 9.67. The monoisotopic (exact) mass is 213 g/mol. The minimum atomic E-state index is -0.256. The Bertz CT molecular complexity index is 548. The molecule has 0 aromatic heterocycles. The number of hydrogen-bond acceptors (Lipinski definition) is 2. The van der Waals surface area contributed by atoms with E-state index in [1.165, 1.54) is 27.6 Å². The third kappa shape index (κ3) is 1.38. The molecule has 0 aliphatic carbocycles. The van der Waals surface area contributed by atoms with Crippen LogP contribution < -0.4 is 5.32 Å². The van der Waals surface area contributed by atoms with E-state index < -0.39 is 0 Å². The number of benzene rings is 2. The van der Waals surface area contributed by atoms with Crippen LogP contribution in [0.3, 0.4) is 0 Å². The smallest absolute Gasteiger partial charge is 0.0753 e. The molecule has 1 aliphatic rings. The summed E-state index contributed by atoms with van der Waals surface area (Å²) >= 11 is 0. The number of hydrogen-bond donors (Lipinski definition) is 2. The summed E-state index contributed by atoms with van der Waals surface area (Å²) in [7, 11) is 0. The fraction of sp³-hybridized carbons (Fsp3) is 0.286. The van der Waals surface area contributed by atoms with Gasteiger partial charge in [0.15, 0.2) is 0 Å². The summed E-state index contributed by atoms with van der Waals surface area (Å²) in [6.45, 7) is 2.78. The molecular formula is C14H15NO. The predicted octanol–water partition coefficient (Wildman–Crippen LogP) is 2.48. The molecule has 0 saturated carbocycles. The molecule has 2 N–H and O–H groups in total. The van der Waals surface area contributed by atoms with Crippen LogP contribution in [0.5, 0.6) is 0 Å². The maximum absolute atomic E-state index is 9.66. The van der Waals surface area contributed by atoms with Crippen LogP contribution in [0, 0.1) is 6.92 Å². The van der Waals surface area contributed by atoms with Crippen molar-refractivity contribution < 1.29 is 5.11 Å². The van der Waals surface area contributed by atoms with Crippen LogP contribution in [0.15, 0.2) is 30.3 Å². The van der Waals surface area contributed by atoms with Crippen molar-refractivity contribution in [3.05, 3.63) is 41.5 Å². The van der Waals surface area contributed by atoms with Crippen LogP contribution in [0.25, 0.3) is 10.8 Å². The van der Waals surface area contributed by atoms with Crippen molar-refractivity contribution in [2.24, 2.45) is 0 Å². The summed E-state index contributed by atoms with van der Waals surface area (Å²) in [6.07, 6.45) is 0.502. The molecule has 0 radical (unpaired) electrons. The number of aryl methyl sites for hydroxylation is 1. The highest BCUT2D eigenvalue weighted by molar-refractivity contribution is 5.98. The number of nitrogens with one attached hydrogen (secondary N) is 1. The first-order valence-electron chi connectivity index (χ1n) is 5.69. The molecule has 0 bridgehead atoms. The number of anilines is 1. The van der Waals surface area contributed by atoms with Gasteiger partial charge in [0.25, 0.3) is 0 Å². The van der Waals surface area contributed by atoms with E-state index in [2.05, 4.69) is 42.6 Å². The summed E-state index contributed by atoms with van der Waals surface area (Å²) in [5.41, 5.74) is 3.71. The lowest BCUT2D eigenvalue weighted by Crippen LogP contribution is -2.27. The van der Waals surface area contributed by atoms with Gasteiger partial charge in [0, 0.05) is 24.0 Å². The number of β-amino-alcohol motifs (C(OH)–C–C–N with tert-alkyl or cyclic N) is 1. The highest BCUT2D eigenvalue weighted by Crippen LogP contribution is 2.33. The van der Waals surface area contributed by atoms with Crippen LogP contribution >= 0.6 is 0 Å². The third-order valence-electron chi connectivity index (χ3n) is 3.30. The Morgan fingerprint density at radius 1 is 1.25 bits per heavy atom. The molecular weight excluding hydrogens is 198 g/mol. The topological polar surface area (TPSA) is 32.3 Å². The van der Waals surface area contributed by atoms with Crippen molar-refractivity contribution in [1.29, 1.82) is 0 Å². The molecule has 1 atom stereocenters. The standard InChI is InChI=1S/C14H15NO/c1-9-6-10-7-11(16)8-15-14(10)13-5-3-2-4-12(9)13/h2-6,11,15-16H,7-8H2,1H3. The van der Waals surface area contributed by atoms with Crippen molar-refractivity contribution >= 4 is 16.5 Å². The average molecular weight is 213 g/mol. The summed E-state index contributed by atoms with van der Waals surface area (Å²) in [5.74, 6) is 0. The van der Waals surface area contributed by atoms with E-state index >= 15 is 0 Å². The van der Waals surface area contributed by atoms with Crippen molar-refractivity contribution in [2.75, 3.05) is 11.9 Å². The molecule has 0 fully saturated rings. The Morgan fingerprint density at radius 3 is 2.81 bits per heavy atom. The van der Waals surface area contributed by atoms with E-state index in [9.17, 15) is 5.11 Å². The molecule has 0 spiro atoms. The Kier molecular flexibility index (Phi) is 2.11.